The number of pyridine rings is 1. The number of alkyl carbamates (subject to hydrolysis) is 1. The van der Waals surface area contributed by atoms with Gasteiger partial charge < -0.3 is 19.5 Å². The highest BCUT2D eigenvalue weighted by molar-refractivity contribution is 5.86. The lowest BCUT2D eigenvalue weighted by Crippen LogP contribution is -2.57. The van der Waals surface area contributed by atoms with Crippen molar-refractivity contribution in [2.24, 2.45) is 11.8 Å². The predicted octanol–water partition coefficient (Wildman–Crippen LogP) is 2.73. The molecular formula is C22H33N3O4. The number of hydrogen-bond acceptors (Lipinski definition) is 4. The molecule has 7 nitrogen and oxygen atoms in total. The van der Waals surface area contributed by atoms with Crippen molar-refractivity contribution in [2.75, 3.05) is 13.1 Å². The van der Waals surface area contributed by atoms with Gasteiger partial charge in [-0.2, -0.15) is 0 Å². The van der Waals surface area contributed by atoms with E-state index < -0.39 is 17.7 Å². The van der Waals surface area contributed by atoms with Crippen LogP contribution in [0.1, 0.15) is 59.1 Å². The molecule has 2 amide bonds. The van der Waals surface area contributed by atoms with Crippen LogP contribution in [0.5, 0.6) is 0 Å². The van der Waals surface area contributed by atoms with Crippen LogP contribution >= 0.6 is 0 Å². The normalized spacial score (nSPS) is 23.0. The van der Waals surface area contributed by atoms with Crippen molar-refractivity contribution in [2.45, 2.75) is 71.6 Å². The molecule has 29 heavy (non-hydrogen) atoms. The molecule has 2 aliphatic heterocycles. The van der Waals surface area contributed by atoms with Crippen molar-refractivity contribution in [3.05, 3.63) is 34.2 Å². The Bertz CT molecular complexity index is 826. The molecule has 1 aromatic rings. The highest BCUT2D eigenvalue weighted by Crippen LogP contribution is 2.35. The van der Waals surface area contributed by atoms with E-state index in [0.29, 0.717) is 19.6 Å². The topological polar surface area (TPSA) is 80.6 Å². The van der Waals surface area contributed by atoms with E-state index in [1.807, 2.05) is 29.4 Å². The zero-order valence-electron chi connectivity index (χ0n) is 18.1. The maximum Gasteiger partial charge on any atom is 0.408 e. The molecule has 3 rings (SSSR count). The molecule has 4 atom stereocenters. The molecular weight excluding hydrogens is 370 g/mol. The Morgan fingerprint density at radius 3 is 2.62 bits per heavy atom. The van der Waals surface area contributed by atoms with Gasteiger partial charge in [0.1, 0.15) is 11.6 Å². The summed E-state index contributed by atoms with van der Waals surface area (Å²) < 4.78 is 7.23. The van der Waals surface area contributed by atoms with Crippen LogP contribution in [0.25, 0.3) is 0 Å². The summed E-state index contributed by atoms with van der Waals surface area (Å²) in [5.74, 6) is 0.335. The Kier molecular flexibility index (Phi) is 6.05. The fraction of sp³-hybridized carbons (Fsp3) is 0.682. The number of ether oxygens (including phenoxy) is 1. The van der Waals surface area contributed by atoms with Crippen molar-refractivity contribution in [3.63, 3.8) is 0 Å². The van der Waals surface area contributed by atoms with Gasteiger partial charge in [0, 0.05) is 37.3 Å². The van der Waals surface area contributed by atoms with E-state index in [-0.39, 0.29) is 29.2 Å². The van der Waals surface area contributed by atoms with Crippen LogP contribution in [0.4, 0.5) is 4.79 Å². The third-order valence-electron chi connectivity index (χ3n) is 5.94. The van der Waals surface area contributed by atoms with Gasteiger partial charge in [0.05, 0.1) is 0 Å². The summed E-state index contributed by atoms with van der Waals surface area (Å²) in [4.78, 5) is 39.8. The first kappa shape index (κ1) is 21.4. The number of fused-ring (bicyclic) bond motifs is 4. The molecule has 0 unspecified atom stereocenters. The smallest absolute Gasteiger partial charge is 0.408 e. The van der Waals surface area contributed by atoms with Crippen LogP contribution in [-0.2, 0) is 16.1 Å². The van der Waals surface area contributed by atoms with Gasteiger partial charge in [0.2, 0.25) is 5.91 Å². The highest BCUT2D eigenvalue weighted by Gasteiger charge is 2.39. The number of carbonyl (C=O) groups excluding carboxylic acids is 2. The largest absolute Gasteiger partial charge is 0.444 e. The number of hydrogen-bond donors (Lipinski definition) is 1. The van der Waals surface area contributed by atoms with Crippen LogP contribution in [0.2, 0.25) is 0 Å². The van der Waals surface area contributed by atoms with Crippen molar-refractivity contribution in [1.29, 1.82) is 0 Å². The molecule has 3 heterocycles. The van der Waals surface area contributed by atoms with Crippen LogP contribution in [0, 0.1) is 11.8 Å². The molecule has 0 aliphatic carbocycles. The van der Waals surface area contributed by atoms with E-state index in [9.17, 15) is 14.4 Å². The van der Waals surface area contributed by atoms with Gasteiger partial charge in [-0.25, -0.2) is 4.79 Å². The molecule has 2 bridgehead atoms. The van der Waals surface area contributed by atoms with Gasteiger partial charge in [-0.15, -0.1) is 0 Å². The predicted molar refractivity (Wildman–Crippen MR) is 111 cm³/mol. The number of carbonyl (C=O) groups is 2. The lowest BCUT2D eigenvalue weighted by molar-refractivity contribution is -0.137. The summed E-state index contributed by atoms with van der Waals surface area (Å²) >= 11 is 0. The zero-order valence-corrected chi connectivity index (χ0v) is 18.1. The molecule has 0 saturated carbocycles. The fourth-order valence-electron chi connectivity index (χ4n) is 4.39. The summed E-state index contributed by atoms with van der Waals surface area (Å²) in [6, 6.07) is 4.76. The number of likely N-dealkylation sites (tertiary alicyclic amines) is 1. The third-order valence-corrected chi connectivity index (χ3v) is 5.94. The van der Waals surface area contributed by atoms with Crippen LogP contribution in [0.3, 0.4) is 0 Å². The third kappa shape index (κ3) is 4.82. The number of amides is 2. The summed E-state index contributed by atoms with van der Waals surface area (Å²) in [7, 11) is 0. The number of aromatic nitrogens is 1. The second-order valence-corrected chi connectivity index (χ2v) is 9.45. The van der Waals surface area contributed by atoms with E-state index in [1.165, 1.54) is 0 Å². The lowest BCUT2D eigenvalue weighted by Gasteiger charge is -2.44. The second-order valence-electron chi connectivity index (χ2n) is 9.45. The molecule has 0 aromatic carbocycles. The van der Waals surface area contributed by atoms with Crippen LogP contribution in [0.15, 0.2) is 23.0 Å². The monoisotopic (exact) mass is 403 g/mol. The van der Waals surface area contributed by atoms with Gasteiger partial charge in [-0.3, -0.25) is 9.59 Å². The van der Waals surface area contributed by atoms with Crippen molar-refractivity contribution < 1.29 is 14.3 Å². The van der Waals surface area contributed by atoms with E-state index in [1.54, 1.807) is 32.9 Å². The lowest BCUT2D eigenvalue weighted by atomic mass is 9.82. The number of nitrogens with one attached hydrogen (secondary N) is 1. The molecule has 1 N–H and O–H groups in total. The molecule has 0 spiro atoms. The zero-order chi connectivity index (χ0) is 21.3. The average molecular weight is 404 g/mol. The molecule has 7 heteroatoms. The Morgan fingerprint density at radius 2 is 1.97 bits per heavy atom. The van der Waals surface area contributed by atoms with Gasteiger partial charge in [-0.05, 0) is 45.1 Å². The average Bonchev–Trinajstić information content (AvgIpc) is 2.64. The summed E-state index contributed by atoms with van der Waals surface area (Å²) in [5.41, 5.74) is 0.416. The molecule has 1 fully saturated rings. The molecule has 2 aliphatic rings. The first-order valence-electron chi connectivity index (χ1n) is 10.6. The summed E-state index contributed by atoms with van der Waals surface area (Å²) in [6.45, 7) is 11.2. The minimum absolute atomic E-state index is 0.00769. The fourth-order valence-corrected chi connectivity index (χ4v) is 4.39. The summed E-state index contributed by atoms with van der Waals surface area (Å²) in [6.07, 6.45) is 1.19. The number of piperidine rings is 1. The molecule has 1 aromatic heterocycles. The quantitative estimate of drug-likeness (QED) is 0.838. The maximum absolute atomic E-state index is 13.4. The van der Waals surface area contributed by atoms with Crippen LogP contribution < -0.4 is 10.9 Å². The Labute approximate surface area is 172 Å². The van der Waals surface area contributed by atoms with Crippen molar-refractivity contribution >= 4 is 12.0 Å². The Morgan fingerprint density at radius 1 is 1.24 bits per heavy atom. The Hall–Kier alpha value is -2.31. The SMILES string of the molecule is CC[C@@H](C)[C@@H](NC(=O)OC(C)(C)C)C(=O)N1C[C@@H]2C[C@H](C1)c1cccc(=O)n1C2. The number of nitrogens with zero attached hydrogens (tertiary/aromatic N) is 2. The summed E-state index contributed by atoms with van der Waals surface area (Å²) in [5, 5.41) is 2.81. The molecule has 1 saturated heterocycles. The highest BCUT2D eigenvalue weighted by atomic mass is 16.6. The van der Waals surface area contributed by atoms with E-state index in [4.69, 9.17) is 4.74 Å². The first-order valence-corrected chi connectivity index (χ1v) is 10.6. The molecule has 160 valence electrons. The van der Waals surface area contributed by atoms with Crippen molar-refractivity contribution in [3.8, 4) is 0 Å². The van der Waals surface area contributed by atoms with E-state index >= 15 is 0 Å². The standard InChI is InChI=1S/C22H33N3O4/c1-6-14(2)19(23-21(28)29-22(3,4)5)20(27)24-11-15-10-16(13-24)17-8-7-9-18(26)25(17)12-15/h7-9,14-16,19H,6,10-13H2,1-5H3,(H,23,28)/t14-,15+,16-,19-/m1/s1. The minimum atomic E-state index is -0.619. The van der Waals surface area contributed by atoms with Crippen LogP contribution in [-0.4, -0.2) is 46.2 Å². The maximum atomic E-state index is 13.4. The molecule has 0 radical (unpaired) electrons. The minimum Gasteiger partial charge on any atom is -0.444 e. The number of rotatable bonds is 4. The Balaban J connectivity index is 1.77. The van der Waals surface area contributed by atoms with Gasteiger partial charge in [0.25, 0.3) is 5.56 Å². The van der Waals surface area contributed by atoms with Crippen molar-refractivity contribution in [1.82, 2.24) is 14.8 Å². The van der Waals surface area contributed by atoms with E-state index in [2.05, 4.69) is 5.32 Å². The van der Waals surface area contributed by atoms with Gasteiger partial charge in [0.15, 0.2) is 0 Å². The first-order chi connectivity index (χ1) is 13.6. The van der Waals surface area contributed by atoms with E-state index in [0.717, 1.165) is 18.5 Å². The van der Waals surface area contributed by atoms with Gasteiger partial charge in [-0.1, -0.05) is 26.3 Å². The van der Waals surface area contributed by atoms with Gasteiger partial charge >= 0.3 is 6.09 Å². The second kappa shape index (κ2) is 8.20.